The van der Waals surface area contributed by atoms with E-state index in [4.69, 9.17) is 0 Å². The van der Waals surface area contributed by atoms with Crippen LogP contribution in [-0.4, -0.2) is 12.6 Å². The van der Waals surface area contributed by atoms with Crippen molar-refractivity contribution in [3.05, 3.63) is 28.2 Å². The summed E-state index contributed by atoms with van der Waals surface area (Å²) in [6, 6.07) is 5.67. The van der Waals surface area contributed by atoms with Crippen molar-refractivity contribution in [2.24, 2.45) is 0 Å². The molecule has 0 radical (unpaired) electrons. The summed E-state index contributed by atoms with van der Waals surface area (Å²) in [5.74, 6) is 0. The minimum Gasteiger partial charge on any atom is -0.338 e. The predicted octanol–water partition coefficient (Wildman–Crippen LogP) is 3.68. The van der Waals surface area contributed by atoms with Crippen LogP contribution in [0.4, 0.5) is 10.5 Å². The summed E-state index contributed by atoms with van der Waals surface area (Å²) in [5, 5.41) is 5.64. The molecule has 0 bridgehead atoms. The van der Waals surface area contributed by atoms with Crippen molar-refractivity contribution < 1.29 is 4.79 Å². The quantitative estimate of drug-likeness (QED) is 0.814. The van der Waals surface area contributed by atoms with E-state index in [0.717, 1.165) is 35.1 Å². The number of anilines is 1. The lowest BCUT2D eigenvalue weighted by molar-refractivity contribution is 0.252. The zero-order chi connectivity index (χ0) is 12.0. The van der Waals surface area contributed by atoms with Crippen LogP contribution in [0.2, 0.25) is 0 Å². The van der Waals surface area contributed by atoms with E-state index in [2.05, 4.69) is 33.5 Å². The molecule has 88 valence electrons. The van der Waals surface area contributed by atoms with Gasteiger partial charge in [-0.15, -0.1) is 0 Å². The van der Waals surface area contributed by atoms with E-state index in [1.165, 1.54) is 0 Å². The summed E-state index contributed by atoms with van der Waals surface area (Å²) < 4.78 is 0.960. The van der Waals surface area contributed by atoms with Crippen LogP contribution in [0.15, 0.2) is 22.7 Å². The SMILES string of the molecule is CCCCNC(=O)Nc1cc(Br)ccc1C. The summed E-state index contributed by atoms with van der Waals surface area (Å²) in [6.07, 6.45) is 2.08. The maximum Gasteiger partial charge on any atom is 0.319 e. The van der Waals surface area contributed by atoms with Crippen molar-refractivity contribution in [3.8, 4) is 0 Å². The molecule has 0 aliphatic rings. The molecular formula is C12H17BrN2O. The third-order valence-electron chi connectivity index (χ3n) is 2.26. The van der Waals surface area contributed by atoms with E-state index in [1.54, 1.807) is 0 Å². The van der Waals surface area contributed by atoms with Crippen molar-refractivity contribution in [1.29, 1.82) is 0 Å². The fraction of sp³-hybridized carbons (Fsp3) is 0.417. The lowest BCUT2D eigenvalue weighted by Gasteiger charge is -2.09. The summed E-state index contributed by atoms with van der Waals surface area (Å²) in [5.41, 5.74) is 1.89. The zero-order valence-electron chi connectivity index (χ0n) is 9.64. The van der Waals surface area contributed by atoms with E-state index in [0.29, 0.717) is 0 Å². The second-order valence-electron chi connectivity index (χ2n) is 3.69. The van der Waals surface area contributed by atoms with Gasteiger partial charge in [0.2, 0.25) is 0 Å². The number of carbonyl (C=O) groups is 1. The first-order chi connectivity index (χ1) is 7.63. The number of benzene rings is 1. The molecule has 0 atom stereocenters. The number of unbranched alkanes of at least 4 members (excludes halogenated alkanes) is 1. The number of nitrogens with one attached hydrogen (secondary N) is 2. The average Bonchev–Trinajstić information content (AvgIpc) is 2.24. The maximum atomic E-state index is 11.5. The van der Waals surface area contributed by atoms with E-state index >= 15 is 0 Å². The second kappa shape index (κ2) is 6.53. The normalized spacial score (nSPS) is 9.94. The van der Waals surface area contributed by atoms with Gasteiger partial charge in [0, 0.05) is 16.7 Å². The number of aryl methyl sites for hydroxylation is 1. The van der Waals surface area contributed by atoms with Gasteiger partial charge in [0.05, 0.1) is 0 Å². The molecule has 0 saturated carbocycles. The Morgan fingerprint density at radius 3 is 2.88 bits per heavy atom. The van der Waals surface area contributed by atoms with Crippen LogP contribution < -0.4 is 10.6 Å². The molecule has 1 rings (SSSR count). The molecule has 0 unspecified atom stereocenters. The third-order valence-corrected chi connectivity index (χ3v) is 2.76. The molecule has 3 nitrogen and oxygen atoms in total. The van der Waals surface area contributed by atoms with Gasteiger partial charge in [-0.05, 0) is 31.0 Å². The van der Waals surface area contributed by atoms with Gasteiger partial charge >= 0.3 is 6.03 Å². The summed E-state index contributed by atoms with van der Waals surface area (Å²) in [7, 11) is 0. The molecule has 16 heavy (non-hydrogen) atoms. The molecule has 0 spiro atoms. The molecular weight excluding hydrogens is 268 g/mol. The van der Waals surface area contributed by atoms with Gasteiger partial charge in [-0.25, -0.2) is 4.79 Å². The summed E-state index contributed by atoms with van der Waals surface area (Å²) >= 11 is 3.38. The Labute approximate surface area is 105 Å². The fourth-order valence-electron chi connectivity index (χ4n) is 1.27. The Morgan fingerprint density at radius 1 is 1.44 bits per heavy atom. The molecule has 1 aromatic carbocycles. The number of urea groups is 1. The van der Waals surface area contributed by atoms with Crippen molar-refractivity contribution in [2.45, 2.75) is 26.7 Å². The van der Waals surface area contributed by atoms with Crippen LogP contribution in [0.25, 0.3) is 0 Å². The van der Waals surface area contributed by atoms with Crippen LogP contribution >= 0.6 is 15.9 Å². The highest BCUT2D eigenvalue weighted by Crippen LogP contribution is 2.20. The molecule has 0 aromatic heterocycles. The molecule has 0 aliphatic heterocycles. The van der Waals surface area contributed by atoms with Crippen molar-refractivity contribution >= 4 is 27.6 Å². The highest BCUT2D eigenvalue weighted by molar-refractivity contribution is 9.10. The number of rotatable bonds is 4. The van der Waals surface area contributed by atoms with Crippen molar-refractivity contribution in [3.63, 3.8) is 0 Å². The monoisotopic (exact) mass is 284 g/mol. The average molecular weight is 285 g/mol. The molecule has 0 fully saturated rings. The van der Waals surface area contributed by atoms with Crippen LogP contribution in [0.1, 0.15) is 25.3 Å². The Morgan fingerprint density at radius 2 is 2.19 bits per heavy atom. The minimum atomic E-state index is -0.144. The third kappa shape index (κ3) is 4.23. The van der Waals surface area contributed by atoms with E-state index in [1.807, 2.05) is 25.1 Å². The fourth-order valence-corrected chi connectivity index (χ4v) is 1.64. The molecule has 4 heteroatoms. The van der Waals surface area contributed by atoms with Crippen molar-refractivity contribution in [1.82, 2.24) is 5.32 Å². The summed E-state index contributed by atoms with van der Waals surface area (Å²) in [4.78, 5) is 11.5. The smallest absolute Gasteiger partial charge is 0.319 e. The number of amides is 2. The lowest BCUT2D eigenvalue weighted by Crippen LogP contribution is -2.29. The Bertz CT molecular complexity index is 366. The van der Waals surface area contributed by atoms with Crippen LogP contribution in [-0.2, 0) is 0 Å². The van der Waals surface area contributed by atoms with Gasteiger partial charge < -0.3 is 10.6 Å². The molecule has 0 saturated heterocycles. The standard InChI is InChI=1S/C12H17BrN2O/c1-3-4-7-14-12(16)15-11-8-10(13)6-5-9(11)2/h5-6,8H,3-4,7H2,1-2H3,(H2,14,15,16). The molecule has 0 aliphatic carbocycles. The Kier molecular flexibility index (Phi) is 5.32. The highest BCUT2D eigenvalue weighted by atomic mass is 79.9. The largest absolute Gasteiger partial charge is 0.338 e. The van der Waals surface area contributed by atoms with Crippen molar-refractivity contribution in [2.75, 3.05) is 11.9 Å². The molecule has 0 heterocycles. The minimum absolute atomic E-state index is 0.144. The molecule has 2 N–H and O–H groups in total. The first kappa shape index (κ1) is 13.0. The second-order valence-corrected chi connectivity index (χ2v) is 4.61. The number of halogens is 1. The first-order valence-electron chi connectivity index (χ1n) is 5.44. The van der Waals surface area contributed by atoms with Crippen LogP contribution in [0.3, 0.4) is 0 Å². The van der Waals surface area contributed by atoms with E-state index in [-0.39, 0.29) is 6.03 Å². The van der Waals surface area contributed by atoms with Gasteiger partial charge in [0.15, 0.2) is 0 Å². The molecule has 1 aromatic rings. The molecule has 2 amide bonds. The lowest BCUT2D eigenvalue weighted by atomic mass is 10.2. The zero-order valence-corrected chi connectivity index (χ0v) is 11.2. The van der Waals surface area contributed by atoms with E-state index < -0.39 is 0 Å². The van der Waals surface area contributed by atoms with Gasteiger partial charge in [0.25, 0.3) is 0 Å². The van der Waals surface area contributed by atoms with Gasteiger partial charge in [0.1, 0.15) is 0 Å². The number of hydrogen-bond donors (Lipinski definition) is 2. The van der Waals surface area contributed by atoms with Crippen LogP contribution in [0.5, 0.6) is 0 Å². The maximum absolute atomic E-state index is 11.5. The van der Waals surface area contributed by atoms with E-state index in [9.17, 15) is 4.79 Å². The summed E-state index contributed by atoms with van der Waals surface area (Å²) in [6.45, 7) is 4.78. The highest BCUT2D eigenvalue weighted by Gasteiger charge is 2.03. The number of hydrogen-bond acceptors (Lipinski definition) is 1. The van der Waals surface area contributed by atoms with Crippen LogP contribution in [0, 0.1) is 6.92 Å². The number of carbonyl (C=O) groups excluding carboxylic acids is 1. The van der Waals surface area contributed by atoms with Gasteiger partial charge in [-0.1, -0.05) is 35.3 Å². The predicted molar refractivity (Wildman–Crippen MR) is 70.8 cm³/mol. The Balaban J connectivity index is 2.52. The Hall–Kier alpha value is -1.03. The van der Waals surface area contributed by atoms with Gasteiger partial charge in [-0.2, -0.15) is 0 Å². The van der Waals surface area contributed by atoms with Gasteiger partial charge in [-0.3, -0.25) is 0 Å². The topological polar surface area (TPSA) is 41.1 Å². The first-order valence-corrected chi connectivity index (χ1v) is 6.23.